The van der Waals surface area contributed by atoms with E-state index in [1.165, 1.54) is 16.4 Å². The van der Waals surface area contributed by atoms with Crippen molar-refractivity contribution in [2.45, 2.75) is 0 Å². The van der Waals surface area contributed by atoms with Crippen LogP contribution in [0.15, 0.2) is 35.8 Å². The third-order valence-electron chi connectivity index (χ3n) is 1.35. The molecule has 2 nitrogen and oxygen atoms in total. The summed E-state index contributed by atoms with van der Waals surface area (Å²) in [6.07, 6.45) is 3.85. The van der Waals surface area contributed by atoms with Gasteiger partial charge in [0.25, 0.3) is 0 Å². The third-order valence-corrected chi connectivity index (χ3v) is 2.08. The van der Waals surface area contributed by atoms with E-state index in [1.54, 1.807) is 6.20 Å². The highest BCUT2D eigenvalue weighted by Gasteiger charge is 2.20. The van der Waals surface area contributed by atoms with Gasteiger partial charge >= 0.3 is 0 Å². The Morgan fingerprint density at radius 1 is 1.36 bits per heavy atom. The Bertz CT molecular complexity index is 282. The van der Waals surface area contributed by atoms with E-state index in [-0.39, 0.29) is 0 Å². The van der Waals surface area contributed by atoms with Gasteiger partial charge in [0.05, 0.1) is 24.0 Å². The smallest absolute Gasteiger partial charge is 0.176 e. The highest BCUT2D eigenvalue weighted by Crippen LogP contribution is 2.31. The van der Waals surface area contributed by atoms with E-state index in [0.29, 0.717) is 5.70 Å². The van der Waals surface area contributed by atoms with Crippen LogP contribution >= 0.6 is 12.1 Å². The number of fused-ring (bicyclic) bond motifs is 1. The molecule has 0 spiro atoms. The molecule has 0 unspecified atom stereocenters. The summed E-state index contributed by atoms with van der Waals surface area (Å²) in [7, 11) is 0. The summed E-state index contributed by atoms with van der Waals surface area (Å²) in [6.45, 7) is 0. The molecule has 0 aromatic heterocycles. The van der Waals surface area contributed by atoms with Crippen LogP contribution in [0.25, 0.3) is 0 Å². The molecule has 2 rings (SSSR count). The van der Waals surface area contributed by atoms with Crippen molar-refractivity contribution in [3.05, 3.63) is 35.8 Å². The molecule has 58 valence electrons. The lowest BCUT2D eigenvalue weighted by atomic mass is 10.3. The average molecular weight is 174 g/mol. The molecule has 0 aromatic rings. The minimum Gasteiger partial charge on any atom is -0.316 e. The Labute approximate surface area is 66.5 Å². The molecule has 0 radical (unpaired) electrons. The highest BCUT2D eigenvalue weighted by atomic mass is 32.2. The van der Waals surface area contributed by atoms with E-state index in [0.717, 1.165) is 12.3 Å². The van der Waals surface area contributed by atoms with Gasteiger partial charge in [0, 0.05) is 12.3 Å². The highest BCUT2D eigenvalue weighted by molar-refractivity contribution is 7.95. The maximum atomic E-state index is 12.5. The zero-order valence-electron chi connectivity index (χ0n) is 5.34. The molecule has 2 aliphatic heterocycles. The lowest BCUT2D eigenvalue weighted by Gasteiger charge is -2.15. The molecule has 5 heteroatoms. The predicted molar refractivity (Wildman–Crippen MR) is 39.0 cm³/mol. The van der Waals surface area contributed by atoms with Crippen LogP contribution in [-0.4, -0.2) is 4.31 Å². The monoisotopic (exact) mass is 174 g/mol. The number of allylic oxidation sites excluding steroid dienone is 3. The fourth-order valence-corrected chi connectivity index (χ4v) is 1.47. The molecule has 1 N–H and O–H groups in total. The summed E-state index contributed by atoms with van der Waals surface area (Å²) in [4.78, 5) is 0. The van der Waals surface area contributed by atoms with Gasteiger partial charge in [0.2, 0.25) is 0 Å². The first kappa shape index (κ1) is 6.72. The molecule has 0 aromatic carbocycles. The lowest BCUT2D eigenvalue weighted by Crippen LogP contribution is -2.07. The zero-order valence-corrected chi connectivity index (χ0v) is 6.16. The second-order valence-corrected chi connectivity index (χ2v) is 2.89. The molecule has 0 saturated heterocycles. The summed E-state index contributed by atoms with van der Waals surface area (Å²) in [5.41, 5.74) is 0.619. The predicted octanol–water partition coefficient (Wildman–Crippen LogP) is 1.97. The normalized spacial score (nSPS) is 21.6. The van der Waals surface area contributed by atoms with Gasteiger partial charge in [-0.1, -0.05) is 0 Å². The van der Waals surface area contributed by atoms with Gasteiger partial charge < -0.3 is 4.72 Å². The van der Waals surface area contributed by atoms with Crippen molar-refractivity contribution in [1.82, 2.24) is 9.03 Å². The summed E-state index contributed by atoms with van der Waals surface area (Å²) < 4.78 is 29.3. The molecule has 11 heavy (non-hydrogen) atoms. The van der Waals surface area contributed by atoms with Gasteiger partial charge in [-0.2, -0.15) is 0 Å². The van der Waals surface area contributed by atoms with E-state index in [1.807, 2.05) is 0 Å². The summed E-state index contributed by atoms with van der Waals surface area (Å²) in [6, 6.07) is 0. The number of hydrogen-bond donors (Lipinski definition) is 1. The fraction of sp³-hybridized carbons (Fsp3) is 0. The molecule has 0 atom stereocenters. The van der Waals surface area contributed by atoms with Crippen molar-refractivity contribution < 1.29 is 8.78 Å². The van der Waals surface area contributed by atoms with Gasteiger partial charge in [0.1, 0.15) is 0 Å². The Morgan fingerprint density at radius 2 is 2.18 bits per heavy atom. The van der Waals surface area contributed by atoms with Crippen molar-refractivity contribution in [3.63, 3.8) is 0 Å². The van der Waals surface area contributed by atoms with Crippen molar-refractivity contribution in [2.75, 3.05) is 0 Å². The second-order valence-electron chi connectivity index (χ2n) is 2.07. The topological polar surface area (TPSA) is 15.3 Å². The molecule has 0 saturated carbocycles. The van der Waals surface area contributed by atoms with Crippen LogP contribution in [0.4, 0.5) is 8.78 Å². The molecule has 2 heterocycles. The molecule has 2 aliphatic rings. The van der Waals surface area contributed by atoms with Gasteiger partial charge in [0.15, 0.2) is 11.7 Å². The van der Waals surface area contributed by atoms with Crippen molar-refractivity contribution in [1.29, 1.82) is 0 Å². The Morgan fingerprint density at radius 3 is 3.00 bits per heavy atom. The first-order valence-electron chi connectivity index (χ1n) is 2.94. The van der Waals surface area contributed by atoms with Gasteiger partial charge in [-0.15, -0.1) is 0 Å². The Kier molecular flexibility index (Phi) is 1.38. The lowest BCUT2D eigenvalue weighted by molar-refractivity contribution is 0.518. The Balaban J connectivity index is 2.37. The molecular formula is C6H4F2N2S. The molecular weight excluding hydrogens is 170 g/mol. The SMILES string of the molecule is FC1=CC2=CNSN2C=C1F. The number of nitrogens with one attached hydrogen (secondary N) is 1. The van der Waals surface area contributed by atoms with Crippen molar-refractivity contribution >= 4 is 12.1 Å². The van der Waals surface area contributed by atoms with E-state index in [2.05, 4.69) is 4.72 Å². The Hall–Kier alpha value is -0.970. The number of hydrogen-bond acceptors (Lipinski definition) is 3. The molecule has 0 fully saturated rings. The van der Waals surface area contributed by atoms with Crippen LogP contribution < -0.4 is 4.72 Å². The average Bonchev–Trinajstić information content (AvgIpc) is 2.36. The minimum absolute atomic E-state index is 0.619. The van der Waals surface area contributed by atoms with Crippen LogP contribution in [0.5, 0.6) is 0 Å². The summed E-state index contributed by atoms with van der Waals surface area (Å²) in [5.74, 6) is -1.66. The zero-order chi connectivity index (χ0) is 7.84. The van der Waals surface area contributed by atoms with Gasteiger partial charge in [-0.3, -0.25) is 4.31 Å². The maximum Gasteiger partial charge on any atom is 0.176 e. The van der Waals surface area contributed by atoms with Gasteiger partial charge in [-0.05, 0) is 0 Å². The van der Waals surface area contributed by atoms with E-state index in [9.17, 15) is 8.78 Å². The first-order chi connectivity index (χ1) is 5.27. The quantitative estimate of drug-likeness (QED) is 0.565. The van der Waals surface area contributed by atoms with E-state index in [4.69, 9.17) is 0 Å². The fourth-order valence-electron chi connectivity index (χ4n) is 0.829. The summed E-state index contributed by atoms with van der Waals surface area (Å²) >= 11 is 1.20. The third kappa shape index (κ3) is 1.01. The molecule has 0 amide bonds. The van der Waals surface area contributed by atoms with Crippen molar-refractivity contribution in [3.8, 4) is 0 Å². The first-order valence-corrected chi connectivity index (χ1v) is 3.71. The van der Waals surface area contributed by atoms with Crippen LogP contribution in [0.1, 0.15) is 0 Å². The van der Waals surface area contributed by atoms with E-state index < -0.39 is 11.7 Å². The molecule has 0 bridgehead atoms. The van der Waals surface area contributed by atoms with Crippen LogP contribution in [0, 0.1) is 0 Å². The number of halogens is 2. The molecule has 0 aliphatic carbocycles. The van der Waals surface area contributed by atoms with Crippen LogP contribution in [-0.2, 0) is 0 Å². The summed E-state index contributed by atoms with van der Waals surface area (Å²) in [5, 5.41) is 0. The standard InChI is InChI=1S/C6H4F2N2S/c7-5-1-4-2-9-11-10(4)3-6(5)8/h1-3,9H. The second kappa shape index (κ2) is 2.27. The van der Waals surface area contributed by atoms with Crippen molar-refractivity contribution in [2.24, 2.45) is 0 Å². The number of nitrogens with zero attached hydrogens (tertiary/aromatic N) is 1. The number of rotatable bonds is 0. The van der Waals surface area contributed by atoms with Crippen LogP contribution in [0.2, 0.25) is 0 Å². The van der Waals surface area contributed by atoms with Crippen LogP contribution in [0.3, 0.4) is 0 Å². The van der Waals surface area contributed by atoms with E-state index >= 15 is 0 Å². The largest absolute Gasteiger partial charge is 0.316 e. The maximum absolute atomic E-state index is 12.5. The van der Waals surface area contributed by atoms with Gasteiger partial charge in [-0.25, -0.2) is 8.78 Å². The minimum atomic E-state index is -0.835.